The molecule has 0 aromatic carbocycles. The lowest BCUT2D eigenvalue weighted by Gasteiger charge is -2.17. The molecule has 7 heteroatoms. The third-order valence-corrected chi connectivity index (χ3v) is 1.66. The first kappa shape index (κ1) is 36.0. The van der Waals surface area contributed by atoms with E-state index >= 15 is 0 Å². The van der Waals surface area contributed by atoms with Gasteiger partial charge in [-0.05, 0) is 37.0 Å². The summed E-state index contributed by atoms with van der Waals surface area (Å²) in [5.74, 6) is 0. The molecule has 0 aliphatic heterocycles. The molecule has 0 atom stereocenters. The van der Waals surface area contributed by atoms with Crippen LogP contribution in [0.2, 0.25) is 0 Å². The van der Waals surface area contributed by atoms with Crippen LogP contribution in [0.3, 0.4) is 0 Å². The Morgan fingerprint density at radius 3 is 0.931 bits per heavy atom. The van der Waals surface area contributed by atoms with E-state index in [1.807, 2.05) is 20.8 Å². The monoisotopic (exact) mass is 436 g/mol. The SMILES string of the molecule is CC(C)(C)C.CC(C)(C)COC(F)F.CC(C)(C)OC(F)F.COCC(C)(C)C. The van der Waals surface area contributed by atoms with Gasteiger partial charge in [-0.15, -0.1) is 0 Å². The Morgan fingerprint density at radius 2 is 0.897 bits per heavy atom. The number of methoxy groups -OCH3 is 1. The summed E-state index contributed by atoms with van der Waals surface area (Å²) in [6.07, 6.45) is 0. The summed E-state index contributed by atoms with van der Waals surface area (Å²) >= 11 is 0. The summed E-state index contributed by atoms with van der Waals surface area (Å²) in [5.41, 5.74) is -0.0701. The van der Waals surface area contributed by atoms with Gasteiger partial charge in [-0.2, -0.15) is 17.6 Å². The zero-order chi connectivity index (χ0) is 24.7. The largest absolute Gasteiger partial charge is 0.384 e. The number of hydrogen-bond acceptors (Lipinski definition) is 3. The Morgan fingerprint density at radius 1 is 0.586 bits per heavy atom. The van der Waals surface area contributed by atoms with Crippen LogP contribution >= 0.6 is 0 Å². The van der Waals surface area contributed by atoms with Crippen molar-refractivity contribution in [1.82, 2.24) is 0 Å². The lowest BCUT2D eigenvalue weighted by molar-refractivity contribution is -0.189. The van der Waals surface area contributed by atoms with Crippen molar-refractivity contribution in [1.29, 1.82) is 0 Å². The maximum Gasteiger partial charge on any atom is 0.345 e. The van der Waals surface area contributed by atoms with Gasteiger partial charge >= 0.3 is 13.2 Å². The molecule has 0 N–H and O–H groups in total. The molecule has 0 rings (SSSR count). The summed E-state index contributed by atoms with van der Waals surface area (Å²) in [6.45, 7) is 21.1. The van der Waals surface area contributed by atoms with Crippen LogP contribution < -0.4 is 0 Å². The number of ether oxygens (including phenoxy) is 3. The third kappa shape index (κ3) is 84.9. The molecule has 0 heterocycles. The smallest absolute Gasteiger partial charge is 0.345 e. The van der Waals surface area contributed by atoms with E-state index in [2.05, 4.69) is 57.9 Å². The number of halogens is 4. The van der Waals surface area contributed by atoms with Crippen molar-refractivity contribution in [2.45, 2.75) is 109 Å². The summed E-state index contributed by atoms with van der Waals surface area (Å²) in [5, 5.41) is 0. The average molecular weight is 437 g/mol. The van der Waals surface area contributed by atoms with E-state index in [0.717, 1.165) is 6.61 Å². The predicted molar refractivity (Wildman–Crippen MR) is 115 cm³/mol. The van der Waals surface area contributed by atoms with Crippen LogP contribution in [0, 0.1) is 16.2 Å². The first-order valence-corrected chi connectivity index (χ1v) is 9.74. The van der Waals surface area contributed by atoms with E-state index in [-0.39, 0.29) is 12.0 Å². The molecule has 29 heavy (non-hydrogen) atoms. The molecule has 0 bridgehead atoms. The number of alkyl halides is 4. The van der Waals surface area contributed by atoms with E-state index in [1.54, 1.807) is 27.9 Å². The van der Waals surface area contributed by atoms with Crippen molar-refractivity contribution in [2.24, 2.45) is 16.2 Å². The second-order valence-corrected chi connectivity index (χ2v) is 11.6. The van der Waals surface area contributed by atoms with E-state index < -0.39 is 18.8 Å². The molecule has 0 aliphatic rings. The van der Waals surface area contributed by atoms with E-state index in [9.17, 15) is 17.6 Å². The summed E-state index contributed by atoms with van der Waals surface area (Å²) in [6, 6.07) is 0. The molecule has 182 valence electrons. The third-order valence-electron chi connectivity index (χ3n) is 1.66. The normalized spacial score (nSPS) is 12.4. The van der Waals surface area contributed by atoms with Crippen molar-refractivity contribution < 1.29 is 31.8 Å². The van der Waals surface area contributed by atoms with Gasteiger partial charge in [-0.25, -0.2) is 0 Å². The van der Waals surface area contributed by atoms with Gasteiger partial charge in [0.15, 0.2) is 0 Å². The van der Waals surface area contributed by atoms with Crippen molar-refractivity contribution >= 4 is 0 Å². The highest BCUT2D eigenvalue weighted by Crippen LogP contribution is 2.14. The van der Waals surface area contributed by atoms with Gasteiger partial charge in [-0.3, -0.25) is 0 Å². The van der Waals surface area contributed by atoms with Gasteiger partial charge in [-0.1, -0.05) is 69.2 Å². The highest BCUT2D eigenvalue weighted by atomic mass is 19.3. The second-order valence-electron chi connectivity index (χ2n) is 11.6. The fourth-order valence-corrected chi connectivity index (χ4v) is 1.01. The van der Waals surface area contributed by atoms with Gasteiger partial charge < -0.3 is 14.2 Å². The van der Waals surface area contributed by atoms with Crippen LogP contribution in [0.4, 0.5) is 17.6 Å². The minimum absolute atomic E-state index is 0.102. The van der Waals surface area contributed by atoms with Crippen LogP contribution in [0.1, 0.15) is 90.0 Å². The minimum Gasteiger partial charge on any atom is -0.384 e. The first-order chi connectivity index (χ1) is 12.4. The molecule has 3 nitrogen and oxygen atoms in total. The van der Waals surface area contributed by atoms with E-state index in [4.69, 9.17) is 4.74 Å². The lowest BCUT2D eigenvalue weighted by atomic mass is 9.99. The molecule has 0 fully saturated rings. The molecule has 0 aromatic rings. The molecule has 0 unspecified atom stereocenters. The maximum atomic E-state index is 11.3. The molecular weight excluding hydrogens is 388 g/mol. The summed E-state index contributed by atoms with van der Waals surface area (Å²) in [4.78, 5) is 0. The Bertz CT molecular complexity index is 341. The Hall–Kier alpha value is -0.400. The number of hydrogen-bond donors (Lipinski definition) is 0. The zero-order valence-corrected chi connectivity index (χ0v) is 21.3. The van der Waals surface area contributed by atoms with Gasteiger partial charge in [0.25, 0.3) is 0 Å². The zero-order valence-electron chi connectivity index (χ0n) is 21.3. The molecule has 0 aromatic heterocycles. The van der Waals surface area contributed by atoms with Crippen LogP contribution in [-0.2, 0) is 14.2 Å². The topological polar surface area (TPSA) is 27.7 Å². The summed E-state index contributed by atoms with van der Waals surface area (Å²) in [7, 11) is 1.73. The van der Waals surface area contributed by atoms with E-state index in [0.29, 0.717) is 10.8 Å². The predicted octanol–water partition coefficient (Wildman–Crippen LogP) is 8.03. The number of rotatable bonds is 4. The van der Waals surface area contributed by atoms with Crippen molar-refractivity contribution in [2.75, 3.05) is 20.3 Å². The molecule has 0 radical (unpaired) electrons. The van der Waals surface area contributed by atoms with E-state index in [1.165, 1.54) is 0 Å². The molecule has 0 amide bonds. The van der Waals surface area contributed by atoms with Crippen molar-refractivity contribution in [3.63, 3.8) is 0 Å². The van der Waals surface area contributed by atoms with Crippen LogP contribution in [0.15, 0.2) is 0 Å². The van der Waals surface area contributed by atoms with Crippen molar-refractivity contribution in [3.05, 3.63) is 0 Å². The van der Waals surface area contributed by atoms with Crippen molar-refractivity contribution in [3.8, 4) is 0 Å². The Kier molecular flexibility index (Phi) is 20.3. The van der Waals surface area contributed by atoms with Crippen LogP contribution in [0.5, 0.6) is 0 Å². The van der Waals surface area contributed by atoms with Crippen LogP contribution in [-0.4, -0.2) is 39.1 Å². The fraction of sp³-hybridized carbons (Fsp3) is 1.00. The highest BCUT2D eigenvalue weighted by molar-refractivity contribution is 4.58. The van der Waals surface area contributed by atoms with Crippen LogP contribution in [0.25, 0.3) is 0 Å². The first-order valence-electron chi connectivity index (χ1n) is 9.74. The average Bonchev–Trinajstić information content (AvgIpc) is 2.30. The maximum absolute atomic E-state index is 11.3. The molecule has 0 saturated carbocycles. The standard InChI is InChI=1S/C6H12F2O.C6H14O.C5H10F2O.C5H12/c1-6(2,3)4-9-5(7)8;1-6(2,3)5-7-4;1-5(2,3)8-4(6)7;1-5(2,3)4/h5H,4H2,1-3H3;5H2,1-4H3;4H,1-3H3;1-4H3. The molecule has 0 aliphatic carbocycles. The quantitative estimate of drug-likeness (QED) is 0.418. The summed E-state index contributed by atoms with van der Waals surface area (Å²) < 4.78 is 58.4. The highest BCUT2D eigenvalue weighted by Gasteiger charge is 2.16. The van der Waals surface area contributed by atoms with Gasteiger partial charge in [0.1, 0.15) is 0 Å². The molecule has 0 saturated heterocycles. The lowest BCUT2D eigenvalue weighted by Crippen LogP contribution is -2.22. The van der Waals surface area contributed by atoms with Gasteiger partial charge in [0, 0.05) is 7.11 Å². The Labute approximate surface area is 177 Å². The van der Waals surface area contributed by atoms with Gasteiger partial charge in [0.2, 0.25) is 0 Å². The minimum atomic E-state index is -2.66. The van der Waals surface area contributed by atoms with Gasteiger partial charge in [0.05, 0.1) is 18.8 Å². The molecular formula is C22H48F4O3. The second kappa shape index (κ2) is 16.3. The molecule has 0 spiro atoms. The fourth-order valence-electron chi connectivity index (χ4n) is 1.01. The Balaban J connectivity index is -0.000000147.